The first kappa shape index (κ1) is 11.8. The molecule has 2 atom stereocenters. The molecule has 1 aromatic carbocycles. The van der Waals surface area contributed by atoms with E-state index in [1.54, 1.807) is 0 Å². The second-order valence-corrected chi connectivity index (χ2v) is 3.68. The van der Waals surface area contributed by atoms with Crippen LogP contribution in [0.4, 0.5) is 0 Å². The molecule has 0 aliphatic rings. The van der Waals surface area contributed by atoms with Gasteiger partial charge >= 0.3 is 0 Å². The van der Waals surface area contributed by atoms with Gasteiger partial charge in [0.15, 0.2) is 0 Å². The van der Waals surface area contributed by atoms with Crippen LogP contribution in [0.25, 0.3) is 0 Å². The maximum absolute atomic E-state index is 5.69. The maximum Gasteiger partial charge on any atom is 0.0661 e. The molecule has 0 fully saturated rings. The zero-order chi connectivity index (χ0) is 11.1. The lowest BCUT2D eigenvalue weighted by Crippen LogP contribution is -2.42. The highest BCUT2D eigenvalue weighted by Gasteiger charge is 2.09. The molecule has 2 heteroatoms. The van der Waals surface area contributed by atoms with Crippen molar-refractivity contribution in [3.63, 3.8) is 0 Å². The Morgan fingerprint density at radius 2 is 2.07 bits per heavy atom. The van der Waals surface area contributed by atoms with Crippen molar-refractivity contribution in [1.82, 2.24) is 5.32 Å². The van der Waals surface area contributed by atoms with Gasteiger partial charge in [-0.05, 0) is 18.9 Å². The molecule has 80 valence electrons. The van der Waals surface area contributed by atoms with Gasteiger partial charge in [-0.3, -0.25) is 5.32 Å². The number of benzene rings is 1. The SMILES string of the molecule is C#CC(C)NC(CN)Cc1ccccc1. The van der Waals surface area contributed by atoms with E-state index in [0.29, 0.717) is 6.54 Å². The van der Waals surface area contributed by atoms with Crippen molar-refractivity contribution in [3.05, 3.63) is 35.9 Å². The zero-order valence-corrected chi connectivity index (χ0v) is 9.11. The smallest absolute Gasteiger partial charge is 0.0661 e. The number of nitrogens with two attached hydrogens (primary N) is 1. The molecule has 15 heavy (non-hydrogen) atoms. The van der Waals surface area contributed by atoms with E-state index in [1.165, 1.54) is 5.56 Å². The fraction of sp³-hybridized carbons (Fsp3) is 0.385. The molecule has 0 saturated carbocycles. The molecular formula is C13H18N2. The number of hydrogen-bond acceptors (Lipinski definition) is 2. The summed E-state index contributed by atoms with van der Waals surface area (Å²) in [6.45, 7) is 2.56. The first-order valence-electron chi connectivity index (χ1n) is 5.22. The first-order valence-corrected chi connectivity index (χ1v) is 5.22. The van der Waals surface area contributed by atoms with Crippen LogP contribution in [0.5, 0.6) is 0 Å². The van der Waals surface area contributed by atoms with Crippen LogP contribution in [-0.2, 0) is 6.42 Å². The van der Waals surface area contributed by atoms with Crippen molar-refractivity contribution in [2.24, 2.45) is 5.73 Å². The lowest BCUT2D eigenvalue weighted by Gasteiger charge is -2.19. The summed E-state index contributed by atoms with van der Waals surface area (Å²) in [5.74, 6) is 2.65. The minimum Gasteiger partial charge on any atom is -0.329 e. The second-order valence-electron chi connectivity index (χ2n) is 3.68. The van der Waals surface area contributed by atoms with Gasteiger partial charge in [0.25, 0.3) is 0 Å². The molecule has 0 aromatic heterocycles. The number of rotatable bonds is 5. The average molecular weight is 202 g/mol. The van der Waals surface area contributed by atoms with Gasteiger partial charge < -0.3 is 5.73 Å². The van der Waals surface area contributed by atoms with Crippen molar-refractivity contribution in [3.8, 4) is 12.3 Å². The molecule has 3 N–H and O–H groups in total. The van der Waals surface area contributed by atoms with Crippen molar-refractivity contribution in [1.29, 1.82) is 0 Å². The molecule has 0 saturated heterocycles. The van der Waals surface area contributed by atoms with E-state index in [9.17, 15) is 0 Å². The molecule has 0 heterocycles. The van der Waals surface area contributed by atoms with Crippen LogP contribution in [0.2, 0.25) is 0 Å². The van der Waals surface area contributed by atoms with Crippen molar-refractivity contribution < 1.29 is 0 Å². The fourth-order valence-corrected chi connectivity index (χ4v) is 1.51. The Hall–Kier alpha value is -1.30. The summed E-state index contributed by atoms with van der Waals surface area (Å²) < 4.78 is 0. The minimum atomic E-state index is 0.0715. The first-order chi connectivity index (χ1) is 7.26. The summed E-state index contributed by atoms with van der Waals surface area (Å²) in [7, 11) is 0. The highest BCUT2D eigenvalue weighted by molar-refractivity contribution is 5.16. The third kappa shape index (κ3) is 4.16. The van der Waals surface area contributed by atoms with E-state index >= 15 is 0 Å². The Morgan fingerprint density at radius 3 is 2.60 bits per heavy atom. The van der Waals surface area contributed by atoms with Crippen LogP contribution in [0.3, 0.4) is 0 Å². The Morgan fingerprint density at radius 1 is 1.40 bits per heavy atom. The van der Waals surface area contributed by atoms with Gasteiger partial charge in [0, 0.05) is 12.6 Å². The predicted molar refractivity (Wildman–Crippen MR) is 64.4 cm³/mol. The maximum atomic E-state index is 5.69. The van der Waals surface area contributed by atoms with Gasteiger partial charge in [-0.2, -0.15) is 0 Å². The van der Waals surface area contributed by atoms with Gasteiger partial charge in [-0.15, -0.1) is 6.42 Å². The number of hydrogen-bond donors (Lipinski definition) is 2. The van der Waals surface area contributed by atoms with E-state index < -0.39 is 0 Å². The van der Waals surface area contributed by atoms with Gasteiger partial charge in [-0.25, -0.2) is 0 Å². The van der Waals surface area contributed by atoms with Crippen LogP contribution in [0, 0.1) is 12.3 Å². The molecular weight excluding hydrogens is 184 g/mol. The Balaban J connectivity index is 2.51. The van der Waals surface area contributed by atoms with E-state index in [2.05, 4.69) is 23.4 Å². The highest BCUT2D eigenvalue weighted by atomic mass is 15.0. The van der Waals surface area contributed by atoms with Crippen molar-refractivity contribution in [2.45, 2.75) is 25.4 Å². The lowest BCUT2D eigenvalue weighted by atomic mass is 10.1. The molecule has 2 unspecified atom stereocenters. The predicted octanol–water partition coefficient (Wildman–Crippen LogP) is 1.17. The normalized spacial score (nSPS) is 14.2. The van der Waals surface area contributed by atoms with Gasteiger partial charge in [-0.1, -0.05) is 36.3 Å². The molecule has 0 bridgehead atoms. The van der Waals surface area contributed by atoms with Crippen LogP contribution in [-0.4, -0.2) is 18.6 Å². The van der Waals surface area contributed by atoms with E-state index in [1.807, 2.05) is 25.1 Å². The standard InChI is InChI=1S/C13H18N2/c1-3-11(2)15-13(10-14)9-12-7-5-4-6-8-12/h1,4-8,11,13,15H,9-10,14H2,2H3. The topological polar surface area (TPSA) is 38.0 Å². The summed E-state index contributed by atoms with van der Waals surface area (Å²) >= 11 is 0. The summed E-state index contributed by atoms with van der Waals surface area (Å²) in [6.07, 6.45) is 6.24. The highest BCUT2D eigenvalue weighted by Crippen LogP contribution is 2.02. The molecule has 0 aliphatic heterocycles. The molecule has 1 rings (SSSR count). The van der Waals surface area contributed by atoms with Gasteiger partial charge in [0.05, 0.1) is 6.04 Å². The summed E-state index contributed by atoms with van der Waals surface area (Å²) in [6, 6.07) is 10.6. The summed E-state index contributed by atoms with van der Waals surface area (Å²) in [4.78, 5) is 0. The molecule has 0 amide bonds. The van der Waals surface area contributed by atoms with Gasteiger partial charge in [0.2, 0.25) is 0 Å². The third-order valence-corrected chi connectivity index (χ3v) is 2.35. The summed E-state index contributed by atoms with van der Waals surface area (Å²) in [5.41, 5.74) is 6.97. The van der Waals surface area contributed by atoms with Gasteiger partial charge in [0.1, 0.15) is 0 Å². The Kier molecular flexibility index (Phi) is 4.89. The van der Waals surface area contributed by atoms with Crippen molar-refractivity contribution >= 4 is 0 Å². The third-order valence-electron chi connectivity index (χ3n) is 2.35. The van der Waals surface area contributed by atoms with E-state index in [-0.39, 0.29) is 12.1 Å². The number of terminal acetylenes is 1. The fourth-order valence-electron chi connectivity index (χ4n) is 1.51. The van der Waals surface area contributed by atoms with Crippen LogP contribution >= 0.6 is 0 Å². The Labute approximate surface area is 91.9 Å². The van der Waals surface area contributed by atoms with Crippen LogP contribution in [0.15, 0.2) is 30.3 Å². The van der Waals surface area contributed by atoms with Crippen LogP contribution < -0.4 is 11.1 Å². The van der Waals surface area contributed by atoms with Crippen LogP contribution in [0.1, 0.15) is 12.5 Å². The number of nitrogens with one attached hydrogen (secondary N) is 1. The molecule has 0 radical (unpaired) electrons. The Bertz CT molecular complexity index is 313. The largest absolute Gasteiger partial charge is 0.329 e. The molecule has 0 spiro atoms. The van der Waals surface area contributed by atoms with E-state index in [0.717, 1.165) is 6.42 Å². The molecule has 2 nitrogen and oxygen atoms in total. The van der Waals surface area contributed by atoms with E-state index in [4.69, 9.17) is 12.2 Å². The second kappa shape index (κ2) is 6.23. The molecule has 1 aromatic rings. The average Bonchev–Trinajstić information content (AvgIpc) is 2.29. The molecule has 0 aliphatic carbocycles. The minimum absolute atomic E-state index is 0.0715. The monoisotopic (exact) mass is 202 g/mol. The van der Waals surface area contributed by atoms with Crippen molar-refractivity contribution in [2.75, 3.05) is 6.54 Å². The zero-order valence-electron chi connectivity index (χ0n) is 9.11. The lowest BCUT2D eigenvalue weighted by molar-refractivity contribution is 0.495. The summed E-state index contributed by atoms with van der Waals surface area (Å²) in [5, 5.41) is 3.30. The quantitative estimate of drug-likeness (QED) is 0.703.